The molecule has 1 aliphatic heterocycles. The van der Waals surface area contributed by atoms with Crippen LogP contribution in [0.2, 0.25) is 0 Å². The summed E-state index contributed by atoms with van der Waals surface area (Å²) in [5, 5.41) is 0. The molecule has 1 aromatic rings. The van der Waals surface area contributed by atoms with E-state index in [1.165, 1.54) is 12.8 Å². The van der Waals surface area contributed by atoms with Crippen LogP contribution in [0.1, 0.15) is 25.7 Å². The van der Waals surface area contributed by atoms with Gasteiger partial charge in [-0.25, -0.2) is 4.98 Å². The lowest BCUT2D eigenvalue weighted by Crippen LogP contribution is -2.42. The molecule has 0 spiro atoms. The molecule has 0 radical (unpaired) electrons. The van der Waals surface area contributed by atoms with Gasteiger partial charge in [-0.1, -0.05) is 0 Å². The number of nitrogens with zero attached hydrogens (tertiary/aromatic N) is 1. The minimum atomic E-state index is 0.183. The molecule has 2 atom stereocenters. The van der Waals surface area contributed by atoms with Gasteiger partial charge in [0.05, 0.1) is 11.9 Å². The van der Waals surface area contributed by atoms with Crippen LogP contribution in [0.3, 0.4) is 0 Å². The Kier molecular flexibility index (Phi) is 1.94. The van der Waals surface area contributed by atoms with Gasteiger partial charge in [0, 0.05) is 6.07 Å². The first-order valence-electron chi connectivity index (χ1n) is 5.42. The van der Waals surface area contributed by atoms with Gasteiger partial charge in [-0.05, 0) is 25.7 Å². The van der Waals surface area contributed by atoms with Crippen molar-refractivity contribution in [2.45, 2.75) is 37.9 Å². The average Bonchev–Trinajstić information content (AvgIpc) is 2.26. The van der Waals surface area contributed by atoms with Gasteiger partial charge in [0.2, 0.25) is 0 Å². The summed E-state index contributed by atoms with van der Waals surface area (Å²) in [6, 6.07) is 1.78. The first-order chi connectivity index (χ1) is 7.33. The SMILES string of the molecule is Nc1cnc2c(c1)O[C@H]1CCCC[C@H]1O2. The lowest BCUT2D eigenvalue weighted by Gasteiger charge is -2.36. The molecule has 2 heterocycles. The molecule has 1 saturated carbocycles. The molecule has 1 aliphatic carbocycles. The summed E-state index contributed by atoms with van der Waals surface area (Å²) in [6.07, 6.45) is 6.54. The van der Waals surface area contributed by atoms with Crippen molar-refractivity contribution in [2.75, 3.05) is 5.73 Å². The molecule has 2 aliphatic rings. The third-order valence-electron chi connectivity index (χ3n) is 3.02. The maximum Gasteiger partial charge on any atom is 0.257 e. The highest BCUT2D eigenvalue weighted by molar-refractivity contribution is 5.47. The molecule has 3 rings (SSSR count). The minimum absolute atomic E-state index is 0.183. The number of fused-ring (bicyclic) bond motifs is 2. The second-order valence-electron chi connectivity index (χ2n) is 4.17. The third-order valence-corrected chi connectivity index (χ3v) is 3.02. The summed E-state index contributed by atoms with van der Waals surface area (Å²) in [7, 11) is 0. The predicted octanol–water partition coefficient (Wildman–Crippen LogP) is 1.75. The van der Waals surface area contributed by atoms with Crippen molar-refractivity contribution in [3.63, 3.8) is 0 Å². The Labute approximate surface area is 88.4 Å². The van der Waals surface area contributed by atoms with Crippen LogP contribution in [0.5, 0.6) is 11.6 Å². The van der Waals surface area contributed by atoms with Crippen molar-refractivity contribution in [3.8, 4) is 11.6 Å². The van der Waals surface area contributed by atoms with Gasteiger partial charge in [-0.3, -0.25) is 0 Å². The van der Waals surface area contributed by atoms with Crippen LogP contribution in [-0.2, 0) is 0 Å². The topological polar surface area (TPSA) is 57.4 Å². The average molecular weight is 206 g/mol. The zero-order chi connectivity index (χ0) is 10.3. The fourth-order valence-corrected chi connectivity index (χ4v) is 2.26. The molecule has 4 heteroatoms. The van der Waals surface area contributed by atoms with E-state index in [1.807, 2.05) is 0 Å². The first kappa shape index (κ1) is 8.83. The molecule has 2 N–H and O–H groups in total. The molecule has 1 aromatic heterocycles. The number of pyridine rings is 1. The Balaban J connectivity index is 1.92. The summed E-state index contributed by atoms with van der Waals surface area (Å²) in [4.78, 5) is 4.14. The van der Waals surface area contributed by atoms with Crippen molar-refractivity contribution >= 4 is 5.69 Å². The van der Waals surface area contributed by atoms with E-state index in [0.29, 0.717) is 17.3 Å². The van der Waals surface area contributed by atoms with Gasteiger partial charge in [0.15, 0.2) is 5.75 Å². The lowest BCUT2D eigenvalue weighted by atomic mass is 9.94. The van der Waals surface area contributed by atoms with Crippen LogP contribution < -0.4 is 15.2 Å². The molecule has 0 aromatic carbocycles. The molecule has 1 fully saturated rings. The van der Waals surface area contributed by atoms with Crippen LogP contribution in [-0.4, -0.2) is 17.2 Å². The van der Waals surface area contributed by atoms with Crippen molar-refractivity contribution in [1.82, 2.24) is 4.98 Å². The molecular weight excluding hydrogens is 192 g/mol. The molecule has 0 amide bonds. The van der Waals surface area contributed by atoms with Gasteiger partial charge >= 0.3 is 0 Å². The molecule has 0 unspecified atom stereocenters. The van der Waals surface area contributed by atoms with Crippen molar-refractivity contribution in [2.24, 2.45) is 0 Å². The maximum absolute atomic E-state index is 5.85. The van der Waals surface area contributed by atoms with E-state index in [9.17, 15) is 0 Å². The van der Waals surface area contributed by atoms with E-state index in [2.05, 4.69) is 4.98 Å². The highest BCUT2D eigenvalue weighted by Crippen LogP contribution is 2.37. The maximum atomic E-state index is 5.85. The fraction of sp³-hybridized carbons (Fsp3) is 0.545. The van der Waals surface area contributed by atoms with Crippen LogP contribution in [0.4, 0.5) is 5.69 Å². The Bertz CT molecular complexity index is 381. The van der Waals surface area contributed by atoms with Crippen LogP contribution >= 0.6 is 0 Å². The van der Waals surface area contributed by atoms with Crippen LogP contribution in [0.15, 0.2) is 12.3 Å². The van der Waals surface area contributed by atoms with E-state index >= 15 is 0 Å². The smallest absolute Gasteiger partial charge is 0.257 e. The third kappa shape index (κ3) is 1.50. The second kappa shape index (κ2) is 3.29. The van der Waals surface area contributed by atoms with Gasteiger partial charge in [0.25, 0.3) is 5.88 Å². The number of rotatable bonds is 0. The molecular formula is C11H14N2O2. The Hall–Kier alpha value is -1.45. The van der Waals surface area contributed by atoms with Crippen molar-refractivity contribution in [1.29, 1.82) is 0 Å². The zero-order valence-electron chi connectivity index (χ0n) is 8.48. The second-order valence-corrected chi connectivity index (χ2v) is 4.17. The fourth-order valence-electron chi connectivity index (χ4n) is 2.26. The van der Waals surface area contributed by atoms with Crippen LogP contribution in [0.25, 0.3) is 0 Å². The van der Waals surface area contributed by atoms with Gasteiger partial charge < -0.3 is 15.2 Å². The van der Waals surface area contributed by atoms with Crippen molar-refractivity contribution < 1.29 is 9.47 Å². The van der Waals surface area contributed by atoms with E-state index in [0.717, 1.165) is 12.8 Å². The van der Waals surface area contributed by atoms with Gasteiger partial charge in [0.1, 0.15) is 12.2 Å². The van der Waals surface area contributed by atoms with E-state index in [-0.39, 0.29) is 12.2 Å². The summed E-state index contributed by atoms with van der Waals surface area (Å²) in [6.45, 7) is 0. The summed E-state index contributed by atoms with van der Waals surface area (Å²) in [5.41, 5.74) is 6.27. The van der Waals surface area contributed by atoms with Crippen molar-refractivity contribution in [3.05, 3.63) is 12.3 Å². The molecule has 0 saturated heterocycles. The first-order valence-corrected chi connectivity index (χ1v) is 5.42. The van der Waals surface area contributed by atoms with E-state index in [4.69, 9.17) is 15.2 Å². The number of anilines is 1. The number of hydrogen-bond acceptors (Lipinski definition) is 4. The molecule has 0 bridgehead atoms. The molecule has 15 heavy (non-hydrogen) atoms. The Morgan fingerprint density at radius 1 is 1.20 bits per heavy atom. The van der Waals surface area contributed by atoms with Gasteiger partial charge in [-0.2, -0.15) is 0 Å². The zero-order valence-corrected chi connectivity index (χ0v) is 8.48. The minimum Gasteiger partial charge on any atom is -0.481 e. The summed E-state index contributed by atoms with van der Waals surface area (Å²) < 4.78 is 11.6. The summed E-state index contributed by atoms with van der Waals surface area (Å²) >= 11 is 0. The van der Waals surface area contributed by atoms with E-state index < -0.39 is 0 Å². The number of ether oxygens (including phenoxy) is 2. The highest BCUT2D eigenvalue weighted by Gasteiger charge is 2.34. The Morgan fingerprint density at radius 3 is 2.73 bits per heavy atom. The quantitative estimate of drug-likeness (QED) is 0.702. The van der Waals surface area contributed by atoms with Gasteiger partial charge in [-0.15, -0.1) is 0 Å². The van der Waals surface area contributed by atoms with Crippen LogP contribution in [0, 0.1) is 0 Å². The lowest BCUT2D eigenvalue weighted by molar-refractivity contribution is -0.00975. The number of hydrogen-bond donors (Lipinski definition) is 1. The number of nitrogens with two attached hydrogens (primary N) is 1. The summed E-state index contributed by atoms with van der Waals surface area (Å²) in [5.74, 6) is 1.28. The standard InChI is InChI=1S/C11H14N2O2/c12-7-5-10-11(13-6-7)15-9-4-2-1-3-8(9)14-10/h5-6,8-9H,1-4,12H2/t8-,9+/m0/s1. The normalized spacial score (nSPS) is 28.3. The predicted molar refractivity (Wildman–Crippen MR) is 55.9 cm³/mol. The highest BCUT2D eigenvalue weighted by atomic mass is 16.6. The monoisotopic (exact) mass is 206 g/mol. The number of nitrogen functional groups attached to an aromatic ring is 1. The number of aromatic nitrogens is 1. The molecule has 80 valence electrons. The molecule has 4 nitrogen and oxygen atoms in total. The Morgan fingerprint density at radius 2 is 1.93 bits per heavy atom. The van der Waals surface area contributed by atoms with E-state index in [1.54, 1.807) is 12.3 Å². The largest absolute Gasteiger partial charge is 0.481 e.